The SMILES string of the molecule is CCOC(=O)c1cnn(C)c1CS(=O)(=O)C(C)(C)C. The van der Waals surface area contributed by atoms with Crippen LogP contribution in [0.15, 0.2) is 6.20 Å². The molecule has 0 N–H and O–H groups in total. The number of nitrogens with zero attached hydrogens (tertiary/aromatic N) is 2. The Kier molecular flexibility index (Phi) is 4.39. The second kappa shape index (κ2) is 5.32. The highest BCUT2D eigenvalue weighted by Gasteiger charge is 2.32. The van der Waals surface area contributed by atoms with Crippen LogP contribution in [0, 0.1) is 0 Å². The van der Waals surface area contributed by atoms with Gasteiger partial charge in [-0.15, -0.1) is 0 Å². The lowest BCUT2D eigenvalue weighted by Gasteiger charge is -2.19. The average Bonchev–Trinajstić information content (AvgIpc) is 2.59. The molecule has 0 saturated heterocycles. The molecule has 0 bridgehead atoms. The third kappa shape index (κ3) is 3.34. The van der Waals surface area contributed by atoms with E-state index in [1.807, 2.05) is 0 Å². The summed E-state index contributed by atoms with van der Waals surface area (Å²) in [6, 6.07) is 0. The Morgan fingerprint density at radius 2 is 2.00 bits per heavy atom. The van der Waals surface area contributed by atoms with Crippen molar-refractivity contribution in [2.24, 2.45) is 7.05 Å². The van der Waals surface area contributed by atoms with Crippen LogP contribution < -0.4 is 0 Å². The zero-order chi connectivity index (χ0) is 14.8. The van der Waals surface area contributed by atoms with E-state index >= 15 is 0 Å². The van der Waals surface area contributed by atoms with Crippen molar-refractivity contribution in [1.29, 1.82) is 0 Å². The maximum atomic E-state index is 12.2. The van der Waals surface area contributed by atoms with Crippen molar-refractivity contribution >= 4 is 15.8 Å². The first-order valence-corrected chi connectivity index (χ1v) is 7.65. The van der Waals surface area contributed by atoms with Gasteiger partial charge in [0.25, 0.3) is 0 Å². The van der Waals surface area contributed by atoms with Gasteiger partial charge in [-0.2, -0.15) is 5.10 Å². The molecule has 1 aromatic heterocycles. The van der Waals surface area contributed by atoms with Gasteiger partial charge in [-0.3, -0.25) is 4.68 Å². The maximum absolute atomic E-state index is 12.2. The molecule has 0 unspecified atom stereocenters. The van der Waals surface area contributed by atoms with E-state index in [4.69, 9.17) is 4.74 Å². The summed E-state index contributed by atoms with van der Waals surface area (Å²) in [6.07, 6.45) is 1.34. The van der Waals surface area contributed by atoms with Crippen LogP contribution in [-0.4, -0.2) is 35.5 Å². The molecule has 1 rings (SSSR count). The molecule has 0 amide bonds. The number of hydrogen-bond donors (Lipinski definition) is 0. The van der Waals surface area contributed by atoms with Crippen LogP contribution in [0.5, 0.6) is 0 Å². The van der Waals surface area contributed by atoms with Crippen molar-refractivity contribution in [3.8, 4) is 0 Å². The minimum Gasteiger partial charge on any atom is -0.462 e. The van der Waals surface area contributed by atoms with Crippen LogP contribution in [0.1, 0.15) is 43.7 Å². The van der Waals surface area contributed by atoms with Gasteiger partial charge in [0.15, 0.2) is 9.84 Å². The summed E-state index contributed by atoms with van der Waals surface area (Å²) in [6.45, 7) is 6.81. The van der Waals surface area contributed by atoms with Gasteiger partial charge in [0.05, 0.1) is 29.0 Å². The molecule has 0 fully saturated rings. The minimum absolute atomic E-state index is 0.206. The molecule has 0 aromatic carbocycles. The van der Waals surface area contributed by atoms with Crippen molar-refractivity contribution in [3.05, 3.63) is 17.5 Å². The lowest BCUT2D eigenvalue weighted by Crippen LogP contribution is -2.30. The largest absolute Gasteiger partial charge is 0.462 e. The number of aryl methyl sites for hydroxylation is 1. The highest BCUT2D eigenvalue weighted by Crippen LogP contribution is 2.22. The highest BCUT2D eigenvalue weighted by atomic mass is 32.2. The molecule has 0 radical (unpaired) electrons. The van der Waals surface area contributed by atoms with Crippen LogP contribution in [0.2, 0.25) is 0 Å². The smallest absolute Gasteiger partial charge is 0.341 e. The Hall–Kier alpha value is -1.37. The van der Waals surface area contributed by atoms with Crippen molar-refractivity contribution in [1.82, 2.24) is 9.78 Å². The van der Waals surface area contributed by atoms with Crippen LogP contribution in [0.3, 0.4) is 0 Å². The first-order valence-electron chi connectivity index (χ1n) is 6.00. The van der Waals surface area contributed by atoms with Gasteiger partial charge in [0.2, 0.25) is 0 Å². The molecule has 0 spiro atoms. The van der Waals surface area contributed by atoms with E-state index in [1.165, 1.54) is 10.9 Å². The predicted molar refractivity (Wildman–Crippen MR) is 71.5 cm³/mol. The van der Waals surface area contributed by atoms with Gasteiger partial charge < -0.3 is 4.74 Å². The van der Waals surface area contributed by atoms with Crippen LogP contribution in [0.25, 0.3) is 0 Å². The fourth-order valence-electron chi connectivity index (χ4n) is 1.41. The van der Waals surface area contributed by atoms with Gasteiger partial charge in [-0.1, -0.05) is 0 Å². The minimum atomic E-state index is -3.38. The molecule has 0 atom stereocenters. The van der Waals surface area contributed by atoms with E-state index in [-0.39, 0.29) is 17.9 Å². The molecule has 6 nitrogen and oxygen atoms in total. The zero-order valence-corrected chi connectivity index (χ0v) is 12.7. The van der Waals surface area contributed by atoms with E-state index in [1.54, 1.807) is 34.7 Å². The number of ether oxygens (including phenoxy) is 1. The monoisotopic (exact) mass is 288 g/mol. The summed E-state index contributed by atoms with van der Waals surface area (Å²) in [4.78, 5) is 11.7. The summed E-state index contributed by atoms with van der Waals surface area (Å²) < 4.78 is 29.8. The Labute approximate surface area is 113 Å². The molecule has 0 aliphatic rings. The normalized spacial score (nSPS) is 12.5. The maximum Gasteiger partial charge on any atom is 0.341 e. The Morgan fingerprint density at radius 1 is 1.42 bits per heavy atom. The molecule has 1 aromatic rings. The summed E-state index contributed by atoms with van der Waals surface area (Å²) in [5.74, 6) is -0.782. The van der Waals surface area contributed by atoms with E-state index in [9.17, 15) is 13.2 Å². The van der Waals surface area contributed by atoms with Crippen molar-refractivity contribution in [3.63, 3.8) is 0 Å². The lowest BCUT2D eigenvalue weighted by atomic mass is 10.2. The van der Waals surface area contributed by atoms with Gasteiger partial charge in [0, 0.05) is 7.05 Å². The van der Waals surface area contributed by atoms with Gasteiger partial charge in [0.1, 0.15) is 5.56 Å². The zero-order valence-electron chi connectivity index (χ0n) is 11.9. The second-order valence-electron chi connectivity index (χ2n) is 5.22. The molecular weight excluding hydrogens is 268 g/mol. The number of aromatic nitrogens is 2. The van der Waals surface area contributed by atoms with Gasteiger partial charge in [-0.25, -0.2) is 13.2 Å². The number of carbonyl (C=O) groups is 1. The molecule has 0 aliphatic carbocycles. The highest BCUT2D eigenvalue weighted by molar-refractivity contribution is 7.91. The van der Waals surface area contributed by atoms with E-state index in [0.29, 0.717) is 5.69 Å². The topological polar surface area (TPSA) is 78.3 Å². The number of rotatable bonds is 4. The van der Waals surface area contributed by atoms with E-state index in [2.05, 4.69) is 5.10 Å². The third-order valence-electron chi connectivity index (χ3n) is 2.82. The van der Waals surface area contributed by atoms with E-state index in [0.717, 1.165) is 0 Å². The molecule has 19 heavy (non-hydrogen) atoms. The van der Waals surface area contributed by atoms with Crippen LogP contribution >= 0.6 is 0 Å². The second-order valence-corrected chi connectivity index (χ2v) is 7.96. The summed E-state index contributed by atoms with van der Waals surface area (Å²) in [5, 5.41) is 3.94. The fourth-order valence-corrected chi connectivity index (χ4v) is 2.55. The summed E-state index contributed by atoms with van der Waals surface area (Å²) in [7, 11) is -1.78. The molecule has 0 saturated carbocycles. The number of carbonyl (C=O) groups excluding carboxylic acids is 1. The van der Waals surface area contributed by atoms with Crippen molar-refractivity contribution in [2.45, 2.75) is 38.2 Å². The number of esters is 1. The Bertz CT molecular complexity index is 567. The average molecular weight is 288 g/mol. The predicted octanol–water partition coefficient (Wildman–Crippen LogP) is 1.31. The third-order valence-corrected chi connectivity index (χ3v) is 5.34. The Morgan fingerprint density at radius 3 is 2.47 bits per heavy atom. The van der Waals surface area contributed by atoms with Gasteiger partial charge >= 0.3 is 5.97 Å². The summed E-state index contributed by atoms with van der Waals surface area (Å²) >= 11 is 0. The van der Waals surface area contributed by atoms with Crippen molar-refractivity contribution in [2.75, 3.05) is 6.61 Å². The molecule has 108 valence electrons. The number of hydrogen-bond acceptors (Lipinski definition) is 5. The molecular formula is C12H20N2O4S. The first kappa shape index (κ1) is 15.7. The lowest BCUT2D eigenvalue weighted by molar-refractivity contribution is 0.0525. The van der Waals surface area contributed by atoms with Crippen LogP contribution in [0.4, 0.5) is 0 Å². The molecule has 7 heteroatoms. The standard InChI is InChI=1S/C12H20N2O4S/c1-6-18-11(15)9-7-13-14(5)10(9)8-19(16,17)12(2,3)4/h7H,6,8H2,1-5H3. The first-order chi connectivity index (χ1) is 8.60. The number of sulfone groups is 1. The Balaban J connectivity index is 3.16. The quantitative estimate of drug-likeness (QED) is 0.781. The van der Waals surface area contributed by atoms with Crippen molar-refractivity contribution < 1.29 is 17.9 Å². The fraction of sp³-hybridized carbons (Fsp3) is 0.667. The molecule has 1 heterocycles. The van der Waals surface area contributed by atoms with E-state index < -0.39 is 20.6 Å². The summed E-state index contributed by atoms with van der Waals surface area (Å²) in [5.41, 5.74) is 0.561. The van der Waals surface area contributed by atoms with Crippen LogP contribution in [-0.2, 0) is 27.4 Å². The van der Waals surface area contributed by atoms with Gasteiger partial charge in [-0.05, 0) is 27.7 Å². The molecule has 0 aliphatic heterocycles.